The number of ether oxygens (including phenoxy) is 1. The number of aromatic nitrogens is 3. The molecule has 1 unspecified atom stereocenters. The Hall–Kier alpha value is -3.08. The molecule has 1 aromatic carbocycles. The van der Waals surface area contributed by atoms with Crippen LogP contribution in [0.2, 0.25) is 0 Å². The Balaban J connectivity index is 1.29. The topological polar surface area (TPSA) is 80.6 Å². The van der Waals surface area contributed by atoms with Crippen molar-refractivity contribution in [1.82, 2.24) is 19.1 Å². The quantitative estimate of drug-likeness (QED) is 0.491. The van der Waals surface area contributed by atoms with Gasteiger partial charge < -0.3 is 9.64 Å². The van der Waals surface area contributed by atoms with Gasteiger partial charge in [0.25, 0.3) is 0 Å². The van der Waals surface area contributed by atoms with Gasteiger partial charge in [-0.25, -0.2) is 22.5 Å². The lowest BCUT2D eigenvalue weighted by molar-refractivity contribution is 0.0733. The van der Waals surface area contributed by atoms with E-state index in [-0.39, 0.29) is 10.7 Å². The molecule has 194 valence electrons. The lowest BCUT2D eigenvalue weighted by Gasteiger charge is -2.45. The monoisotopic (exact) mass is 523 g/mol. The summed E-state index contributed by atoms with van der Waals surface area (Å²) in [5.74, 6) is 0.533. The number of fused-ring (bicyclic) bond motifs is 2. The van der Waals surface area contributed by atoms with Crippen LogP contribution in [0.3, 0.4) is 0 Å². The third-order valence-corrected chi connectivity index (χ3v) is 9.63. The molecule has 1 aliphatic carbocycles. The van der Waals surface area contributed by atoms with Gasteiger partial charge in [0.1, 0.15) is 16.5 Å². The molecule has 3 aliphatic rings. The average Bonchev–Trinajstić information content (AvgIpc) is 3.58. The van der Waals surface area contributed by atoms with Crippen LogP contribution in [0, 0.1) is 11.2 Å². The first-order valence-electron chi connectivity index (χ1n) is 12.6. The molecule has 10 heteroatoms. The second-order valence-electron chi connectivity index (χ2n) is 10.1. The van der Waals surface area contributed by atoms with Gasteiger partial charge in [-0.1, -0.05) is 5.57 Å². The Morgan fingerprint density at radius 3 is 2.54 bits per heavy atom. The van der Waals surface area contributed by atoms with E-state index in [4.69, 9.17) is 4.74 Å². The second kappa shape index (κ2) is 9.34. The number of benzene rings is 1. The van der Waals surface area contributed by atoms with Gasteiger partial charge in [-0.2, -0.15) is 9.40 Å². The first kappa shape index (κ1) is 24.3. The molecular weight excluding hydrogens is 493 g/mol. The number of nitrogens with zero attached hydrogens (tertiary/aromatic N) is 5. The summed E-state index contributed by atoms with van der Waals surface area (Å²) in [5.41, 5.74) is 3.42. The van der Waals surface area contributed by atoms with Gasteiger partial charge >= 0.3 is 0 Å². The van der Waals surface area contributed by atoms with E-state index in [9.17, 15) is 12.8 Å². The summed E-state index contributed by atoms with van der Waals surface area (Å²) in [5, 5.41) is 4.57. The fourth-order valence-electron chi connectivity index (χ4n) is 5.90. The van der Waals surface area contributed by atoms with E-state index < -0.39 is 15.4 Å². The highest BCUT2D eigenvalue weighted by atomic mass is 32.2. The second-order valence-corrected chi connectivity index (χ2v) is 12.1. The number of hydrogen-bond donors (Lipinski definition) is 0. The average molecular weight is 524 g/mol. The fraction of sp³-hybridized carbons (Fsp3) is 0.407. The summed E-state index contributed by atoms with van der Waals surface area (Å²) in [6.07, 6.45) is 8.90. The van der Waals surface area contributed by atoms with E-state index in [0.29, 0.717) is 32.5 Å². The molecule has 3 aromatic rings. The van der Waals surface area contributed by atoms with Crippen LogP contribution in [0.1, 0.15) is 30.5 Å². The number of hydrogen-bond acceptors (Lipinski definition) is 6. The van der Waals surface area contributed by atoms with E-state index in [1.807, 2.05) is 16.9 Å². The third kappa shape index (κ3) is 4.26. The molecule has 2 aromatic heterocycles. The van der Waals surface area contributed by atoms with Gasteiger partial charge in [-0.3, -0.25) is 0 Å². The highest BCUT2D eigenvalue weighted by Crippen LogP contribution is 2.45. The predicted molar refractivity (Wildman–Crippen MR) is 139 cm³/mol. The molecule has 0 saturated carbocycles. The molecule has 2 saturated heterocycles. The number of piperidine rings is 1. The van der Waals surface area contributed by atoms with Crippen LogP contribution in [0.25, 0.3) is 11.8 Å². The molecule has 6 rings (SSSR count). The van der Waals surface area contributed by atoms with Crippen LogP contribution < -0.4 is 4.90 Å². The van der Waals surface area contributed by atoms with Crippen molar-refractivity contribution in [2.45, 2.75) is 30.6 Å². The van der Waals surface area contributed by atoms with Crippen molar-refractivity contribution >= 4 is 21.9 Å². The minimum Gasteiger partial charge on any atom is -0.384 e. The maximum atomic E-state index is 13.7. The number of halogens is 1. The van der Waals surface area contributed by atoms with Crippen molar-refractivity contribution in [3.63, 3.8) is 0 Å². The van der Waals surface area contributed by atoms with E-state index in [0.717, 1.165) is 54.3 Å². The molecule has 1 atom stereocenters. The predicted octanol–water partition coefficient (Wildman–Crippen LogP) is 3.67. The fourth-order valence-corrected chi connectivity index (χ4v) is 7.37. The Bertz CT molecular complexity index is 1430. The minimum absolute atomic E-state index is 0.219. The van der Waals surface area contributed by atoms with E-state index in [2.05, 4.69) is 21.1 Å². The minimum atomic E-state index is -3.72. The van der Waals surface area contributed by atoms with Crippen molar-refractivity contribution in [3.05, 3.63) is 71.4 Å². The van der Waals surface area contributed by atoms with Gasteiger partial charge in [0.2, 0.25) is 10.0 Å². The van der Waals surface area contributed by atoms with E-state index in [1.54, 1.807) is 29.6 Å². The lowest BCUT2D eigenvalue weighted by atomic mass is 9.69. The molecule has 0 spiro atoms. The van der Waals surface area contributed by atoms with Crippen LogP contribution in [-0.4, -0.2) is 67.4 Å². The van der Waals surface area contributed by atoms with Crippen molar-refractivity contribution in [3.8, 4) is 5.69 Å². The van der Waals surface area contributed by atoms with Gasteiger partial charge in [-0.05, 0) is 73.7 Å². The SMILES string of the molecule is COCC12Cc3cnn(-c4ccc(F)cc4)c3C=C1CCN(S(=O)(=O)c1ccc(N3CCCC3)nc1)C2. The maximum Gasteiger partial charge on any atom is 0.244 e. The molecule has 0 radical (unpaired) electrons. The maximum absolute atomic E-state index is 13.7. The molecule has 4 heterocycles. The van der Waals surface area contributed by atoms with Crippen molar-refractivity contribution in [1.29, 1.82) is 0 Å². The summed E-state index contributed by atoms with van der Waals surface area (Å²) in [7, 11) is -2.06. The van der Waals surface area contributed by atoms with Crippen molar-refractivity contribution in [2.75, 3.05) is 44.8 Å². The van der Waals surface area contributed by atoms with Crippen LogP contribution in [0.5, 0.6) is 0 Å². The molecule has 0 amide bonds. The van der Waals surface area contributed by atoms with E-state index >= 15 is 0 Å². The zero-order valence-electron chi connectivity index (χ0n) is 20.8. The summed E-state index contributed by atoms with van der Waals surface area (Å²) in [6.45, 7) is 3.02. The van der Waals surface area contributed by atoms with Crippen LogP contribution in [-0.2, 0) is 21.2 Å². The zero-order valence-corrected chi connectivity index (χ0v) is 21.6. The van der Waals surface area contributed by atoms with Crippen LogP contribution in [0.4, 0.5) is 10.2 Å². The Labute approximate surface area is 216 Å². The molecule has 2 aliphatic heterocycles. The smallest absolute Gasteiger partial charge is 0.244 e. The summed E-state index contributed by atoms with van der Waals surface area (Å²) in [6, 6.07) is 9.74. The molecular formula is C27H30FN5O3S. The molecule has 0 bridgehead atoms. The zero-order chi connectivity index (χ0) is 25.6. The highest BCUT2D eigenvalue weighted by molar-refractivity contribution is 7.89. The normalized spacial score (nSPS) is 22.0. The summed E-state index contributed by atoms with van der Waals surface area (Å²) in [4.78, 5) is 6.88. The van der Waals surface area contributed by atoms with Gasteiger partial charge in [-0.15, -0.1) is 0 Å². The Morgan fingerprint density at radius 1 is 1.05 bits per heavy atom. The first-order chi connectivity index (χ1) is 17.9. The Morgan fingerprint density at radius 2 is 1.84 bits per heavy atom. The van der Waals surface area contributed by atoms with Gasteiger partial charge in [0, 0.05) is 44.9 Å². The summed E-state index contributed by atoms with van der Waals surface area (Å²) >= 11 is 0. The van der Waals surface area contributed by atoms with Crippen LogP contribution in [0.15, 0.2) is 59.3 Å². The van der Waals surface area contributed by atoms with Crippen LogP contribution >= 0.6 is 0 Å². The number of sulfonamides is 1. The largest absolute Gasteiger partial charge is 0.384 e. The first-order valence-corrected chi connectivity index (χ1v) is 14.1. The standard InChI is InChI=1S/C27H30FN5O3S/c1-36-19-27-15-20-16-30-33(23-6-4-22(28)5-7-23)25(20)14-21(27)10-13-32(18-27)37(34,35)24-8-9-26(29-17-24)31-11-2-3-12-31/h4-9,14,16-17H,2-3,10-13,15,18-19H2,1H3. The molecule has 8 nitrogen and oxygen atoms in total. The van der Waals surface area contributed by atoms with Gasteiger partial charge in [0.05, 0.1) is 24.2 Å². The van der Waals surface area contributed by atoms with Crippen molar-refractivity contribution < 1.29 is 17.5 Å². The molecule has 37 heavy (non-hydrogen) atoms. The number of rotatable bonds is 6. The number of methoxy groups -OCH3 is 1. The van der Waals surface area contributed by atoms with Gasteiger partial charge in [0.15, 0.2) is 0 Å². The number of anilines is 1. The highest BCUT2D eigenvalue weighted by Gasteiger charge is 2.46. The van der Waals surface area contributed by atoms with Crippen molar-refractivity contribution in [2.24, 2.45) is 5.41 Å². The van der Waals surface area contributed by atoms with E-state index in [1.165, 1.54) is 18.3 Å². The molecule has 0 N–H and O–H groups in total. The summed E-state index contributed by atoms with van der Waals surface area (Å²) < 4.78 is 49.8. The molecule has 2 fully saturated rings. The lowest BCUT2D eigenvalue weighted by Crippen LogP contribution is -2.51. The number of pyridine rings is 1. The third-order valence-electron chi connectivity index (χ3n) is 7.80. The Kier molecular flexibility index (Phi) is 6.13.